The number of nitrogens with zero attached hydrogens (tertiary/aromatic N) is 1. The van der Waals surface area contributed by atoms with Crippen LogP contribution in [0.4, 0.5) is 17.6 Å². The number of rotatable bonds is 3. The van der Waals surface area contributed by atoms with Gasteiger partial charge in [0.1, 0.15) is 5.82 Å². The van der Waals surface area contributed by atoms with Gasteiger partial charge >= 0.3 is 6.18 Å². The molecule has 7 heteroatoms. The third-order valence-corrected chi connectivity index (χ3v) is 4.71. The Bertz CT molecular complexity index is 649. The van der Waals surface area contributed by atoms with E-state index in [1.165, 1.54) is 23.5 Å². The van der Waals surface area contributed by atoms with Gasteiger partial charge in [-0.05, 0) is 28.5 Å². The lowest BCUT2D eigenvalue weighted by Crippen LogP contribution is -2.45. The summed E-state index contributed by atoms with van der Waals surface area (Å²) in [4.78, 5) is 2.02. The predicted molar refractivity (Wildman–Crippen MR) is 82.0 cm³/mol. The van der Waals surface area contributed by atoms with Crippen molar-refractivity contribution in [1.82, 2.24) is 10.2 Å². The van der Waals surface area contributed by atoms with Crippen LogP contribution in [0.2, 0.25) is 0 Å². The Balaban J connectivity index is 2.07. The predicted octanol–water partition coefficient (Wildman–Crippen LogP) is 3.90. The van der Waals surface area contributed by atoms with Gasteiger partial charge in [-0.25, -0.2) is 4.39 Å². The highest BCUT2D eigenvalue weighted by atomic mass is 32.1. The molecule has 0 spiro atoms. The molecular weight excluding hydrogens is 328 g/mol. The van der Waals surface area contributed by atoms with Crippen molar-refractivity contribution in [2.24, 2.45) is 0 Å². The lowest BCUT2D eigenvalue weighted by atomic mass is 9.96. The fourth-order valence-corrected chi connectivity index (χ4v) is 3.62. The third-order valence-electron chi connectivity index (χ3n) is 4.00. The van der Waals surface area contributed by atoms with Crippen LogP contribution in [0.15, 0.2) is 35.0 Å². The van der Waals surface area contributed by atoms with Crippen LogP contribution in [-0.4, -0.2) is 31.1 Å². The third kappa shape index (κ3) is 3.41. The van der Waals surface area contributed by atoms with E-state index in [4.69, 9.17) is 0 Å². The number of halogens is 4. The van der Waals surface area contributed by atoms with E-state index in [1.54, 1.807) is 0 Å². The zero-order valence-electron chi connectivity index (χ0n) is 12.2. The highest BCUT2D eigenvalue weighted by molar-refractivity contribution is 7.08. The fourth-order valence-electron chi connectivity index (χ4n) is 2.94. The SMILES string of the molecule is Fc1c([C@H](c2ccsc2)N2CCNCC2)cccc1C(F)(F)F. The molecule has 2 heterocycles. The zero-order chi connectivity index (χ0) is 16.4. The van der Waals surface area contributed by atoms with Crippen LogP contribution in [0, 0.1) is 5.82 Å². The van der Waals surface area contributed by atoms with Gasteiger partial charge in [0.05, 0.1) is 11.6 Å². The monoisotopic (exact) mass is 344 g/mol. The number of piperazine rings is 1. The van der Waals surface area contributed by atoms with Crippen LogP contribution >= 0.6 is 11.3 Å². The van der Waals surface area contributed by atoms with Crippen molar-refractivity contribution >= 4 is 11.3 Å². The summed E-state index contributed by atoms with van der Waals surface area (Å²) >= 11 is 1.46. The number of nitrogens with one attached hydrogen (secondary N) is 1. The molecule has 23 heavy (non-hydrogen) atoms. The summed E-state index contributed by atoms with van der Waals surface area (Å²) in [5.74, 6) is -1.17. The van der Waals surface area contributed by atoms with E-state index in [2.05, 4.69) is 5.32 Å². The molecule has 1 aliphatic rings. The Hall–Kier alpha value is -1.44. The number of hydrogen-bond acceptors (Lipinski definition) is 3. The Morgan fingerprint density at radius 2 is 1.87 bits per heavy atom. The van der Waals surface area contributed by atoms with Gasteiger partial charge in [0.15, 0.2) is 0 Å². The maximum Gasteiger partial charge on any atom is 0.419 e. The molecule has 1 aromatic carbocycles. The van der Waals surface area contributed by atoms with E-state index < -0.39 is 23.6 Å². The van der Waals surface area contributed by atoms with E-state index in [9.17, 15) is 17.6 Å². The maximum atomic E-state index is 14.6. The van der Waals surface area contributed by atoms with Crippen molar-refractivity contribution in [1.29, 1.82) is 0 Å². The van der Waals surface area contributed by atoms with Gasteiger partial charge in [0.2, 0.25) is 0 Å². The fraction of sp³-hybridized carbons (Fsp3) is 0.375. The van der Waals surface area contributed by atoms with Gasteiger partial charge in [0, 0.05) is 31.7 Å². The summed E-state index contributed by atoms with van der Waals surface area (Å²) in [7, 11) is 0. The first-order valence-corrected chi connectivity index (χ1v) is 8.25. The second kappa shape index (κ2) is 6.59. The van der Waals surface area contributed by atoms with Crippen molar-refractivity contribution in [3.05, 3.63) is 57.5 Å². The summed E-state index contributed by atoms with van der Waals surface area (Å²) in [5, 5.41) is 6.93. The van der Waals surface area contributed by atoms with Gasteiger partial charge in [-0.2, -0.15) is 24.5 Å². The Morgan fingerprint density at radius 3 is 2.48 bits per heavy atom. The van der Waals surface area contributed by atoms with E-state index in [0.29, 0.717) is 13.1 Å². The quantitative estimate of drug-likeness (QED) is 0.850. The van der Waals surface area contributed by atoms with Gasteiger partial charge in [0.25, 0.3) is 0 Å². The molecule has 1 atom stereocenters. The van der Waals surface area contributed by atoms with Gasteiger partial charge in [-0.1, -0.05) is 12.1 Å². The Kier molecular flexibility index (Phi) is 4.70. The number of alkyl halides is 3. The zero-order valence-corrected chi connectivity index (χ0v) is 13.1. The number of hydrogen-bond donors (Lipinski definition) is 1. The molecule has 2 aromatic rings. The smallest absolute Gasteiger partial charge is 0.314 e. The molecule has 0 radical (unpaired) electrons. The van der Waals surface area contributed by atoms with Gasteiger partial charge in [-0.3, -0.25) is 4.90 Å². The number of benzene rings is 1. The molecule has 1 saturated heterocycles. The van der Waals surface area contributed by atoms with Crippen LogP contribution in [0.25, 0.3) is 0 Å². The van der Waals surface area contributed by atoms with Crippen molar-refractivity contribution in [2.45, 2.75) is 12.2 Å². The average molecular weight is 344 g/mol. The van der Waals surface area contributed by atoms with Crippen LogP contribution in [0.5, 0.6) is 0 Å². The molecule has 1 aromatic heterocycles. The highest BCUT2D eigenvalue weighted by Crippen LogP contribution is 2.37. The topological polar surface area (TPSA) is 15.3 Å². The summed E-state index contributed by atoms with van der Waals surface area (Å²) < 4.78 is 53.7. The van der Waals surface area contributed by atoms with E-state index in [1.807, 2.05) is 21.7 Å². The van der Waals surface area contributed by atoms with Crippen LogP contribution in [0.3, 0.4) is 0 Å². The molecule has 1 N–H and O–H groups in total. The minimum atomic E-state index is -4.69. The van der Waals surface area contributed by atoms with Gasteiger partial charge < -0.3 is 5.32 Å². The first-order chi connectivity index (χ1) is 11.0. The summed E-state index contributed by atoms with van der Waals surface area (Å²) in [6.07, 6.45) is -4.69. The van der Waals surface area contributed by atoms with E-state index >= 15 is 0 Å². The average Bonchev–Trinajstić information content (AvgIpc) is 3.03. The van der Waals surface area contributed by atoms with Gasteiger partial charge in [-0.15, -0.1) is 0 Å². The molecular formula is C16H16F4N2S. The van der Waals surface area contributed by atoms with Crippen molar-refractivity contribution < 1.29 is 17.6 Å². The Labute approximate surface area is 135 Å². The lowest BCUT2D eigenvalue weighted by Gasteiger charge is -2.35. The lowest BCUT2D eigenvalue weighted by molar-refractivity contribution is -0.140. The normalized spacial score (nSPS) is 18.1. The van der Waals surface area contributed by atoms with E-state index in [0.717, 1.165) is 24.7 Å². The van der Waals surface area contributed by atoms with Crippen molar-refractivity contribution in [2.75, 3.05) is 26.2 Å². The summed E-state index contributed by atoms with van der Waals surface area (Å²) in [6.45, 7) is 2.80. The molecule has 0 unspecified atom stereocenters. The van der Waals surface area contributed by atoms with Crippen LogP contribution in [0.1, 0.15) is 22.7 Å². The molecule has 1 aliphatic heterocycles. The molecule has 1 fully saturated rings. The Morgan fingerprint density at radius 1 is 1.13 bits per heavy atom. The molecule has 0 saturated carbocycles. The van der Waals surface area contributed by atoms with E-state index in [-0.39, 0.29) is 5.56 Å². The summed E-state index contributed by atoms with van der Waals surface area (Å²) in [6, 6.07) is 4.88. The molecule has 0 bridgehead atoms. The minimum Gasteiger partial charge on any atom is -0.314 e. The second-order valence-corrected chi connectivity index (χ2v) is 6.23. The van der Waals surface area contributed by atoms with Crippen molar-refractivity contribution in [3.8, 4) is 0 Å². The largest absolute Gasteiger partial charge is 0.419 e. The minimum absolute atomic E-state index is 0.0834. The maximum absolute atomic E-state index is 14.6. The highest BCUT2D eigenvalue weighted by Gasteiger charge is 2.37. The molecule has 124 valence electrons. The second-order valence-electron chi connectivity index (χ2n) is 5.45. The standard InChI is InChI=1S/C16H16F4N2S/c17-14-12(2-1-3-13(14)16(18,19)20)15(11-4-9-23-10-11)22-7-5-21-6-8-22/h1-4,9-10,15,21H,5-8H2/t15-/m0/s1. The molecule has 0 aliphatic carbocycles. The molecule has 2 nitrogen and oxygen atoms in total. The first-order valence-electron chi connectivity index (χ1n) is 7.31. The molecule has 3 rings (SSSR count). The van der Waals surface area contributed by atoms with Crippen LogP contribution < -0.4 is 5.32 Å². The van der Waals surface area contributed by atoms with Crippen molar-refractivity contribution in [3.63, 3.8) is 0 Å². The van der Waals surface area contributed by atoms with Crippen LogP contribution in [-0.2, 0) is 6.18 Å². The summed E-state index contributed by atoms with van der Waals surface area (Å²) in [5.41, 5.74) is -0.291. The first kappa shape index (κ1) is 16.4. The number of thiophene rings is 1. The molecule has 0 amide bonds.